The molecule has 132 valence electrons. The first-order chi connectivity index (χ1) is 11.4. The molecular formula is C19H28N2O3. The number of carbonyl (C=O) groups is 2. The number of Topliss-reactive ketones (excluding diaryl/α,β-unsaturated/α-hetero) is 1. The van der Waals surface area contributed by atoms with E-state index in [4.69, 9.17) is 0 Å². The third kappa shape index (κ3) is 4.42. The van der Waals surface area contributed by atoms with Gasteiger partial charge in [0.15, 0.2) is 5.78 Å². The van der Waals surface area contributed by atoms with E-state index < -0.39 is 6.04 Å². The van der Waals surface area contributed by atoms with Crippen LogP contribution in [0.25, 0.3) is 0 Å². The Morgan fingerprint density at radius 1 is 1.33 bits per heavy atom. The highest BCUT2D eigenvalue weighted by molar-refractivity contribution is 5.88. The van der Waals surface area contributed by atoms with Crippen molar-refractivity contribution in [3.63, 3.8) is 0 Å². The first-order valence-corrected chi connectivity index (χ1v) is 8.66. The van der Waals surface area contributed by atoms with E-state index in [1.54, 1.807) is 0 Å². The fourth-order valence-electron chi connectivity index (χ4n) is 3.53. The van der Waals surface area contributed by atoms with Gasteiger partial charge < -0.3 is 10.4 Å². The zero-order chi connectivity index (χ0) is 17.7. The normalized spacial score (nSPS) is 17.8. The first kappa shape index (κ1) is 18.6. The second kappa shape index (κ2) is 8.40. The zero-order valence-electron chi connectivity index (χ0n) is 14.8. The molecule has 5 nitrogen and oxygen atoms in total. The SMILES string of the molecule is CC(=O)C(NC(=O)CN(CCO)C1CCc2ccccc21)C(C)C. The number of nitrogens with zero attached hydrogens (tertiary/aromatic N) is 1. The van der Waals surface area contributed by atoms with Gasteiger partial charge >= 0.3 is 0 Å². The quantitative estimate of drug-likeness (QED) is 0.760. The van der Waals surface area contributed by atoms with Gasteiger partial charge in [0.05, 0.1) is 19.2 Å². The second-order valence-corrected chi connectivity index (χ2v) is 6.85. The van der Waals surface area contributed by atoms with Crippen molar-refractivity contribution < 1.29 is 14.7 Å². The van der Waals surface area contributed by atoms with Gasteiger partial charge in [0, 0.05) is 12.6 Å². The number of nitrogens with one attached hydrogen (secondary N) is 1. The number of benzene rings is 1. The lowest BCUT2D eigenvalue weighted by Gasteiger charge is -2.29. The molecule has 2 rings (SSSR count). The van der Waals surface area contributed by atoms with Crippen molar-refractivity contribution in [1.29, 1.82) is 0 Å². The summed E-state index contributed by atoms with van der Waals surface area (Å²) in [7, 11) is 0. The molecule has 1 aromatic rings. The van der Waals surface area contributed by atoms with Gasteiger partial charge in [-0.05, 0) is 36.8 Å². The molecule has 2 atom stereocenters. The Kier molecular flexibility index (Phi) is 6.52. The van der Waals surface area contributed by atoms with Crippen LogP contribution < -0.4 is 5.32 Å². The number of rotatable bonds is 8. The number of hydrogen-bond donors (Lipinski definition) is 2. The number of carbonyl (C=O) groups excluding carboxylic acids is 2. The lowest BCUT2D eigenvalue weighted by molar-refractivity contribution is -0.129. The van der Waals surface area contributed by atoms with Gasteiger partial charge in [-0.1, -0.05) is 38.1 Å². The molecule has 0 radical (unpaired) electrons. The van der Waals surface area contributed by atoms with Crippen molar-refractivity contribution in [2.24, 2.45) is 5.92 Å². The number of aliphatic hydroxyl groups excluding tert-OH is 1. The van der Waals surface area contributed by atoms with Crippen molar-refractivity contribution in [2.45, 2.75) is 45.7 Å². The van der Waals surface area contributed by atoms with Crippen LogP contribution in [0, 0.1) is 5.92 Å². The summed E-state index contributed by atoms with van der Waals surface area (Å²) in [5.41, 5.74) is 2.56. The predicted molar refractivity (Wildman–Crippen MR) is 93.6 cm³/mol. The summed E-state index contributed by atoms with van der Waals surface area (Å²) >= 11 is 0. The lowest BCUT2D eigenvalue weighted by Crippen LogP contribution is -2.48. The standard InChI is InChI=1S/C19H28N2O3/c1-13(2)19(14(3)23)20-18(24)12-21(10-11-22)17-9-8-15-6-4-5-7-16(15)17/h4-7,13,17,19,22H,8-12H2,1-3H3,(H,20,24). The van der Waals surface area contributed by atoms with Crippen LogP contribution in [0.3, 0.4) is 0 Å². The molecule has 1 aliphatic carbocycles. The average molecular weight is 332 g/mol. The third-order valence-electron chi connectivity index (χ3n) is 4.70. The van der Waals surface area contributed by atoms with Crippen molar-refractivity contribution >= 4 is 11.7 Å². The van der Waals surface area contributed by atoms with Gasteiger partial charge in [0.25, 0.3) is 0 Å². The smallest absolute Gasteiger partial charge is 0.234 e. The van der Waals surface area contributed by atoms with Crippen LogP contribution in [-0.2, 0) is 16.0 Å². The van der Waals surface area contributed by atoms with Crippen molar-refractivity contribution in [3.05, 3.63) is 35.4 Å². The summed E-state index contributed by atoms with van der Waals surface area (Å²) in [5.74, 6) is -0.134. The Hall–Kier alpha value is -1.72. The number of aryl methyl sites for hydroxylation is 1. The molecule has 0 saturated carbocycles. The molecular weight excluding hydrogens is 304 g/mol. The summed E-state index contributed by atoms with van der Waals surface area (Å²) in [6.07, 6.45) is 1.94. The Bertz CT molecular complexity index is 586. The Morgan fingerprint density at radius 3 is 2.67 bits per heavy atom. The van der Waals surface area contributed by atoms with Crippen LogP contribution in [0.2, 0.25) is 0 Å². The number of hydrogen-bond acceptors (Lipinski definition) is 4. The van der Waals surface area contributed by atoms with E-state index in [1.807, 2.05) is 30.9 Å². The summed E-state index contributed by atoms with van der Waals surface area (Å²) in [5, 5.41) is 12.2. The molecule has 0 aromatic heterocycles. The first-order valence-electron chi connectivity index (χ1n) is 8.66. The van der Waals surface area contributed by atoms with E-state index in [1.165, 1.54) is 18.1 Å². The van der Waals surface area contributed by atoms with Gasteiger partial charge in [-0.25, -0.2) is 0 Å². The molecule has 2 N–H and O–H groups in total. The molecule has 0 fully saturated rings. The van der Waals surface area contributed by atoms with Crippen molar-refractivity contribution in [1.82, 2.24) is 10.2 Å². The van der Waals surface area contributed by atoms with Gasteiger partial charge in [0.1, 0.15) is 0 Å². The average Bonchev–Trinajstić information content (AvgIpc) is 2.95. The number of ketones is 1. The van der Waals surface area contributed by atoms with E-state index in [0.717, 1.165) is 12.8 Å². The maximum Gasteiger partial charge on any atom is 0.234 e. The Labute approximate surface area is 144 Å². The molecule has 5 heteroatoms. The predicted octanol–water partition coefficient (Wildman–Crippen LogP) is 1.70. The van der Waals surface area contributed by atoms with E-state index >= 15 is 0 Å². The highest BCUT2D eigenvalue weighted by Gasteiger charge is 2.29. The minimum Gasteiger partial charge on any atom is -0.395 e. The maximum absolute atomic E-state index is 12.4. The van der Waals surface area contributed by atoms with Crippen LogP contribution in [0.15, 0.2) is 24.3 Å². The Balaban J connectivity index is 2.06. The number of aliphatic hydroxyl groups is 1. The molecule has 1 aliphatic rings. The van der Waals surface area contributed by atoms with Crippen molar-refractivity contribution in [2.75, 3.05) is 19.7 Å². The van der Waals surface area contributed by atoms with Crippen LogP contribution in [0.1, 0.15) is 44.4 Å². The number of amides is 1. The largest absolute Gasteiger partial charge is 0.395 e. The number of fused-ring (bicyclic) bond motifs is 1. The van der Waals surface area contributed by atoms with E-state index in [2.05, 4.69) is 17.4 Å². The minimum atomic E-state index is -0.454. The van der Waals surface area contributed by atoms with Gasteiger partial charge in [-0.2, -0.15) is 0 Å². The Morgan fingerprint density at radius 2 is 2.04 bits per heavy atom. The zero-order valence-corrected chi connectivity index (χ0v) is 14.8. The topological polar surface area (TPSA) is 69.6 Å². The highest BCUT2D eigenvalue weighted by Crippen LogP contribution is 2.35. The second-order valence-electron chi connectivity index (χ2n) is 6.85. The minimum absolute atomic E-state index is 0.00621. The van der Waals surface area contributed by atoms with E-state index in [9.17, 15) is 14.7 Å². The van der Waals surface area contributed by atoms with Crippen LogP contribution in [0.4, 0.5) is 0 Å². The summed E-state index contributed by atoms with van der Waals surface area (Å²) in [6, 6.07) is 7.96. The van der Waals surface area contributed by atoms with E-state index in [0.29, 0.717) is 6.54 Å². The van der Waals surface area contributed by atoms with Gasteiger partial charge in [-0.15, -0.1) is 0 Å². The summed E-state index contributed by atoms with van der Waals surface area (Å²) < 4.78 is 0. The third-order valence-corrected chi connectivity index (χ3v) is 4.70. The molecule has 0 heterocycles. The monoisotopic (exact) mass is 332 g/mol. The molecule has 1 aromatic carbocycles. The molecule has 0 saturated heterocycles. The molecule has 2 unspecified atom stereocenters. The van der Waals surface area contributed by atoms with Crippen LogP contribution in [0.5, 0.6) is 0 Å². The molecule has 1 amide bonds. The van der Waals surface area contributed by atoms with E-state index in [-0.39, 0.29) is 36.8 Å². The molecule has 0 bridgehead atoms. The van der Waals surface area contributed by atoms with Crippen molar-refractivity contribution in [3.8, 4) is 0 Å². The highest BCUT2D eigenvalue weighted by atomic mass is 16.3. The fraction of sp³-hybridized carbons (Fsp3) is 0.579. The van der Waals surface area contributed by atoms with Gasteiger partial charge in [0.2, 0.25) is 5.91 Å². The molecule has 0 aliphatic heterocycles. The van der Waals surface area contributed by atoms with Gasteiger partial charge in [-0.3, -0.25) is 14.5 Å². The lowest BCUT2D eigenvalue weighted by atomic mass is 10.0. The molecule has 0 spiro atoms. The summed E-state index contributed by atoms with van der Waals surface area (Å²) in [4.78, 5) is 26.1. The fourth-order valence-corrected chi connectivity index (χ4v) is 3.53. The maximum atomic E-state index is 12.4. The molecule has 24 heavy (non-hydrogen) atoms. The summed E-state index contributed by atoms with van der Waals surface area (Å²) in [6.45, 7) is 5.99. The van der Waals surface area contributed by atoms with Crippen LogP contribution in [-0.4, -0.2) is 47.4 Å². The van der Waals surface area contributed by atoms with Crippen LogP contribution >= 0.6 is 0 Å².